The monoisotopic (exact) mass is 1120 g/mol. The number of para-hydroxylation sites is 1. The third-order valence-electron chi connectivity index (χ3n) is 19.5. The van der Waals surface area contributed by atoms with Gasteiger partial charge in [-0.25, -0.2) is 0 Å². The first-order chi connectivity index (χ1) is 40.4. The van der Waals surface area contributed by atoms with E-state index in [0.717, 1.165) is 66.7 Å². The Labute approximate surface area is 482 Å². The first kappa shape index (κ1) is 55.7. The Kier molecular flexibility index (Phi) is 15.8. The van der Waals surface area contributed by atoms with Crippen LogP contribution in [0.2, 0.25) is 0 Å². The van der Waals surface area contributed by atoms with Crippen molar-refractivity contribution in [3.05, 3.63) is 131 Å². The van der Waals surface area contributed by atoms with Crippen LogP contribution in [0.4, 0.5) is 0 Å². The number of esters is 1. The summed E-state index contributed by atoms with van der Waals surface area (Å²) in [4.78, 5) is 50.7. The van der Waals surface area contributed by atoms with Gasteiger partial charge in [0.05, 0.1) is 42.2 Å². The highest BCUT2D eigenvalue weighted by Gasteiger charge is 2.62. The number of aromatic amines is 2. The van der Waals surface area contributed by atoms with Crippen molar-refractivity contribution in [2.75, 3.05) is 26.9 Å². The number of H-pyrrole nitrogens is 2. The van der Waals surface area contributed by atoms with E-state index >= 15 is 4.79 Å². The number of phenolic OH excluding ortho intramolecular Hbond substituents is 3. The number of fused-ring (bicyclic) bond motifs is 10. The molecule has 12 rings (SSSR count). The molecule has 83 heavy (non-hydrogen) atoms. The molecule has 15 nitrogen and oxygen atoms in total. The van der Waals surface area contributed by atoms with Gasteiger partial charge in [-0.3, -0.25) is 9.59 Å². The van der Waals surface area contributed by atoms with Crippen LogP contribution in [0.5, 0.6) is 28.7 Å². The molecule has 0 saturated heterocycles. The molecule has 4 aliphatic carbocycles. The van der Waals surface area contributed by atoms with E-state index in [-0.39, 0.29) is 122 Å². The quantitative estimate of drug-likeness (QED) is 0.0288. The van der Waals surface area contributed by atoms with Crippen molar-refractivity contribution in [3.63, 3.8) is 0 Å². The zero-order valence-corrected chi connectivity index (χ0v) is 46.8. The topological polar surface area (TPSA) is 237 Å². The molecule has 11 unspecified atom stereocenters. The molecule has 2 bridgehead atoms. The fourth-order valence-electron chi connectivity index (χ4n) is 16.2. The number of hydrogen-bond donors (Lipinski definition) is 8. The van der Waals surface area contributed by atoms with E-state index in [0.29, 0.717) is 57.8 Å². The van der Waals surface area contributed by atoms with Crippen LogP contribution in [0.1, 0.15) is 117 Å². The molecule has 3 aromatic heterocycles. The van der Waals surface area contributed by atoms with Crippen LogP contribution in [-0.2, 0) is 32.0 Å². The lowest BCUT2D eigenvalue weighted by atomic mass is 9.46. The number of aromatic nitrogens is 3. The second kappa shape index (κ2) is 23.5. The number of hydrogen-bond acceptors (Lipinski definition) is 12. The number of Topliss-reactive ketones (excluding diaryl/α,β-unsaturated/α-hetero) is 1. The van der Waals surface area contributed by atoms with E-state index in [4.69, 9.17) is 14.2 Å². The minimum Gasteiger partial charge on any atom is -0.508 e. The number of allylic oxidation sites excluding steroid dienone is 1. The molecule has 0 amide bonds. The Balaban J connectivity index is 1.01. The van der Waals surface area contributed by atoms with Crippen LogP contribution in [0, 0.1) is 52.8 Å². The number of aliphatic hydroxyl groups is 3. The molecule has 11 atom stereocenters. The summed E-state index contributed by atoms with van der Waals surface area (Å²) < 4.78 is 20.1. The number of cyclic esters (lactones) is 1. The maximum absolute atomic E-state index is 15.4. The molecule has 1 spiro atoms. The minimum atomic E-state index is -0.833. The number of carbonyl (C=O) groups is 3. The molecular weight excluding hydrogens is 1050 g/mol. The van der Waals surface area contributed by atoms with E-state index in [1.807, 2.05) is 42.6 Å². The van der Waals surface area contributed by atoms with Gasteiger partial charge in [0.25, 0.3) is 0 Å². The zero-order valence-electron chi connectivity index (χ0n) is 46.8. The molecule has 3 saturated carbocycles. The zero-order chi connectivity index (χ0) is 57.5. The molecule has 15 heteroatoms. The van der Waals surface area contributed by atoms with Crippen molar-refractivity contribution in [2.24, 2.45) is 40.9 Å². The number of aromatic hydroxyl groups is 3. The number of ether oxygens (including phenoxy) is 3. The van der Waals surface area contributed by atoms with Crippen LogP contribution in [0.25, 0.3) is 38.8 Å². The molecule has 8 N–H and O–H groups in total. The summed E-state index contributed by atoms with van der Waals surface area (Å²) >= 11 is 0. The number of phenols is 3. The average molecular weight is 1120 g/mol. The second-order valence-electron chi connectivity index (χ2n) is 24.0. The summed E-state index contributed by atoms with van der Waals surface area (Å²) in [5.41, 5.74) is 8.93. The van der Waals surface area contributed by atoms with E-state index in [9.17, 15) is 40.2 Å². The number of ketones is 1. The third kappa shape index (κ3) is 10.6. The summed E-state index contributed by atoms with van der Waals surface area (Å²) in [5, 5.41) is 66.1. The summed E-state index contributed by atoms with van der Waals surface area (Å²) in [7, 11) is 1.52. The first-order valence-electron chi connectivity index (χ1n) is 29.6. The number of aliphatic hydroxyl groups excluding tert-OH is 3. The highest BCUT2D eigenvalue weighted by molar-refractivity contribution is 5.94. The average Bonchev–Trinajstić information content (AvgIpc) is 3.59. The molecule has 4 aromatic carbocycles. The van der Waals surface area contributed by atoms with Gasteiger partial charge in [-0.05, 0) is 182 Å². The number of aryl methyl sites for hydroxylation is 1. The van der Waals surface area contributed by atoms with Gasteiger partial charge in [-0.15, -0.1) is 0 Å². The Bertz CT molecular complexity index is 3670. The van der Waals surface area contributed by atoms with Crippen molar-refractivity contribution in [2.45, 2.75) is 114 Å². The predicted octanol–water partition coefficient (Wildman–Crippen LogP) is 10.6. The largest absolute Gasteiger partial charge is 0.508 e. The van der Waals surface area contributed by atoms with Gasteiger partial charge >= 0.3 is 5.97 Å². The highest BCUT2D eigenvalue weighted by atomic mass is 16.5. The maximum atomic E-state index is 15.4. The summed E-state index contributed by atoms with van der Waals surface area (Å²) in [6.07, 6.45) is 9.47. The Hall–Kier alpha value is -7.77. The van der Waals surface area contributed by atoms with Crippen molar-refractivity contribution in [3.8, 4) is 51.8 Å². The Morgan fingerprint density at radius 2 is 1.73 bits per heavy atom. The van der Waals surface area contributed by atoms with Gasteiger partial charge in [0.2, 0.25) is 0 Å². The third-order valence-corrected chi connectivity index (χ3v) is 19.5. The van der Waals surface area contributed by atoms with Crippen LogP contribution < -0.4 is 9.47 Å². The van der Waals surface area contributed by atoms with Crippen molar-refractivity contribution >= 4 is 45.5 Å². The van der Waals surface area contributed by atoms with Crippen LogP contribution in [-0.4, -0.2) is 102 Å². The smallest absolute Gasteiger partial charge is 0.318 e. The summed E-state index contributed by atoms with van der Waals surface area (Å²) in [5.74, 6) is 4.73. The fraction of sp³-hybridized carbons (Fsp3) is 0.426. The van der Waals surface area contributed by atoms with Crippen LogP contribution in [0.15, 0.2) is 103 Å². The first-order valence-corrected chi connectivity index (χ1v) is 29.6. The number of benzene rings is 4. The van der Waals surface area contributed by atoms with Crippen molar-refractivity contribution < 1.29 is 59.2 Å². The number of carbonyl (C=O) groups excluding carboxylic acids is 3. The van der Waals surface area contributed by atoms with E-state index < -0.39 is 35.4 Å². The number of nitrogens with one attached hydrogen (secondary N) is 2. The molecule has 1 aliphatic heterocycles. The standard InChI is InChI=1S/C68H73N3O12/c1-81-63-34-52-51(33-62(63)79)54-29-42-37-68(36-41(27-43(68)38-74)58(13-7-23-72)71-59-21-22-69-57(59)35-60(71)40-8-6-9-44(75)28-40)55-32-45(76)17-19-50(55)66(42)53(52)31-46(77)30-47(18-15-39-16-20-61(78)64(26-39)82-25-24-73)83-65(80)14-5-3-11-49-48-10-2-4-12-56(48)70-67(49)54/h2,4,6,8-10,12,16,20-22,26,28-29,33-35,38,41-43,45,47,50,53,55,58,66,69-70,72-73,75-76,78-79H,7,11,13-15,17-19,23-25,27,30-32,36-37H2,1H3. The minimum absolute atomic E-state index is 0.00842. The summed E-state index contributed by atoms with van der Waals surface area (Å²) in [6.45, 7) is -0.252. The lowest BCUT2D eigenvalue weighted by Gasteiger charge is -2.58. The SMILES string of the molecule is COc1cc2c(cc1O)C1=CC3CC4(CC(C(CCCO)n5c(-c6cccc(O)c6)cc6[nH]ccc65)CC4C=O)C4CC(O)CCC4C3C2CC(=O)CC(CCc2ccc(O)c(OCCO)c2)OC(=O)CC#CCc2c1[nH]c1ccccc21. The summed E-state index contributed by atoms with van der Waals surface area (Å²) in [6, 6.07) is 28.0. The molecule has 432 valence electrons. The fourth-order valence-corrected chi connectivity index (χ4v) is 16.2. The van der Waals surface area contributed by atoms with E-state index in [2.05, 4.69) is 50.7 Å². The van der Waals surface area contributed by atoms with Gasteiger partial charge in [-0.2, -0.15) is 0 Å². The Morgan fingerprint density at radius 3 is 2.55 bits per heavy atom. The van der Waals surface area contributed by atoms with E-state index in [1.54, 1.807) is 30.3 Å². The predicted molar refractivity (Wildman–Crippen MR) is 314 cm³/mol. The highest BCUT2D eigenvalue weighted by Crippen LogP contribution is 2.69. The molecule has 5 aliphatic rings. The maximum Gasteiger partial charge on any atom is 0.318 e. The number of methoxy groups -OCH3 is 1. The van der Waals surface area contributed by atoms with Gasteiger partial charge in [-0.1, -0.05) is 54.3 Å². The molecule has 3 fully saturated rings. The van der Waals surface area contributed by atoms with Gasteiger partial charge < -0.3 is 64.2 Å². The number of rotatable bonds is 14. The lowest BCUT2D eigenvalue weighted by Crippen LogP contribution is -2.53. The van der Waals surface area contributed by atoms with Crippen LogP contribution in [0.3, 0.4) is 0 Å². The van der Waals surface area contributed by atoms with Gasteiger partial charge in [0, 0.05) is 66.1 Å². The van der Waals surface area contributed by atoms with Crippen molar-refractivity contribution in [1.82, 2.24) is 14.5 Å². The molecule has 7 aromatic rings. The molecule has 0 radical (unpaired) electrons. The Morgan fingerprint density at radius 1 is 0.880 bits per heavy atom. The lowest BCUT2D eigenvalue weighted by molar-refractivity contribution is -0.149. The number of aldehydes is 1. The number of nitrogens with zero attached hydrogens (tertiary/aromatic N) is 1. The van der Waals surface area contributed by atoms with Gasteiger partial charge in [0.1, 0.15) is 37.0 Å². The normalized spacial score (nSPS) is 26.5. The van der Waals surface area contributed by atoms with E-state index in [1.165, 1.54) is 19.5 Å². The van der Waals surface area contributed by atoms with Crippen LogP contribution >= 0.6 is 0 Å². The molecular formula is C68H73N3O12. The van der Waals surface area contributed by atoms with Crippen molar-refractivity contribution in [1.29, 1.82) is 0 Å². The van der Waals surface area contributed by atoms with Gasteiger partial charge in [0.15, 0.2) is 23.0 Å². The second-order valence-corrected chi connectivity index (χ2v) is 24.0. The molecule has 4 heterocycles.